The summed E-state index contributed by atoms with van der Waals surface area (Å²) < 4.78 is 1.47. The third-order valence-electron chi connectivity index (χ3n) is 5.24. The van der Waals surface area contributed by atoms with Crippen LogP contribution in [0.2, 0.25) is 0 Å². The van der Waals surface area contributed by atoms with Crippen LogP contribution in [0.25, 0.3) is 20.7 Å². The first-order chi connectivity index (χ1) is 14.3. The van der Waals surface area contributed by atoms with Crippen LogP contribution in [-0.2, 0) is 4.79 Å². The second-order valence-corrected chi connectivity index (χ2v) is 8.54. The van der Waals surface area contributed by atoms with E-state index in [1.807, 2.05) is 68.4 Å². The fraction of sp³-hybridized carbons (Fsp3) is 0.208. The van der Waals surface area contributed by atoms with Crippen molar-refractivity contribution in [3.8, 4) is 10.4 Å². The van der Waals surface area contributed by atoms with Crippen LogP contribution < -0.4 is 10.9 Å². The molecule has 30 heavy (non-hydrogen) atoms. The fourth-order valence-corrected chi connectivity index (χ4v) is 4.68. The Morgan fingerprint density at radius 1 is 1.07 bits per heavy atom. The van der Waals surface area contributed by atoms with Gasteiger partial charge in [-0.25, -0.2) is 4.98 Å². The zero-order chi connectivity index (χ0) is 21.4. The Kier molecular flexibility index (Phi) is 5.26. The molecule has 0 spiro atoms. The maximum atomic E-state index is 13.3. The van der Waals surface area contributed by atoms with Gasteiger partial charge < -0.3 is 5.32 Å². The lowest BCUT2D eigenvalue weighted by atomic mass is 10.1. The molecule has 2 aromatic heterocycles. The fourth-order valence-electron chi connectivity index (χ4n) is 3.60. The van der Waals surface area contributed by atoms with Crippen LogP contribution in [0, 0.1) is 20.8 Å². The molecule has 0 aliphatic carbocycles. The largest absolute Gasteiger partial charge is 0.324 e. The van der Waals surface area contributed by atoms with E-state index in [2.05, 4.69) is 10.3 Å². The van der Waals surface area contributed by atoms with E-state index in [1.54, 1.807) is 13.8 Å². The highest BCUT2D eigenvalue weighted by molar-refractivity contribution is 7.21. The standard InChI is InChI=1S/C24H23N3O2S/c1-14-10-11-20(15(2)12-14)26-22(28)16(3)27-17(4)25-23-19(24(27)29)13-21(30-23)18-8-6-5-7-9-18/h5-13,16H,1-4H3,(H,26,28)/t16-/m1/s1. The Labute approximate surface area is 179 Å². The molecule has 0 fully saturated rings. The number of carbonyl (C=O) groups excluding carboxylic acids is 1. The predicted octanol–water partition coefficient (Wildman–Crippen LogP) is 5.25. The summed E-state index contributed by atoms with van der Waals surface area (Å²) in [6.45, 7) is 7.46. The number of fused-ring (bicyclic) bond motifs is 1. The van der Waals surface area contributed by atoms with Gasteiger partial charge in [-0.3, -0.25) is 14.2 Å². The molecule has 0 saturated heterocycles. The minimum atomic E-state index is -0.685. The van der Waals surface area contributed by atoms with E-state index in [0.717, 1.165) is 27.3 Å². The van der Waals surface area contributed by atoms with Gasteiger partial charge in [0, 0.05) is 10.6 Å². The zero-order valence-electron chi connectivity index (χ0n) is 17.4. The highest BCUT2D eigenvalue weighted by Crippen LogP contribution is 2.31. The predicted molar refractivity (Wildman–Crippen MR) is 123 cm³/mol. The summed E-state index contributed by atoms with van der Waals surface area (Å²) in [4.78, 5) is 32.5. The van der Waals surface area contributed by atoms with Crippen molar-refractivity contribution in [3.05, 3.63) is 81.9 Å². The number of nitrogens with one attached hydrogen (secondary N) is 1. The lowest BCUT2D eigenvalue weighted by molar-refractivity contribution is -0.118. The summed E-state index contributed by atoms with van der Waals surface area (Å²) in [6.07, 6.45) is 0. The number of aromatic nitrogens is 2. The van der Waals surface area contributed by atoms with Crippen LogP contribution in [-0.4, -0.2) is 15.5 Å². The molecule has 0 saturated carbocycles. The van der Waals surface area contributed by atoms with Crippen molar-refractivity contribution in [2.45, 2.75) is 33.7 Å². The van der Waals surface area contributed by atoms with Gasteiger partial charge >= 0.3 is 0 Å². The Balaban J connectivity index is 1.71. The maximum Gasteiger partial charge on any atom is 0.263 e. The molecule has 6 heteroatoms. The Morgan fingerprint density at radius 2 is 1.80 bits per heavy atom. The summed E-state index contributed by atoms with van der Waals surface area (Å²) in [5, 5.41) is 3.48. The molecular weight excluding hydrogens is 394 g/mol. The van der Waals surface area contributed by atoms with Crippen molar-refractivity contribution >= 4 is 33.1 Å². The second-order valence-electron chi connectivity index (χ2n) is 7.51. The van der Waals surface area contributed by atoms with Gasteiger partial charge in [0.25, 0.3) is 5.56 Å². The molecule has 152 valence electrons. The topological polar surface area (TPSA) is 64.0 Å². The normalized spacial score (nSPS) is 12.1. The molecule has 5 nitrogen and oxygen atoms in total. The van der Waals surface area contributed by atoms with Crippen molar-refractivity contribution in [2.24, 2.45) is 0 Å². The Hall–Kier alpha value is -3.25. The van der Waals surface area contributed by atoms with Crippen LogP contribution in [0.3, 0.4) is 0 Å². The minimum absolute atomic E-state index is 0.195. The van der Waals surface area contributed by atoms with E-state index in [4.69, 9.17) is 0 Å². The van der Waals surface area contributed by atoms with Gasteiger partial charge in [-0.2, -0.15) is 0 Å². The molecule has 1 atom stereocenters. The van der Waals surface area contributed by atoms with E-state index in [-0.39, 0.29) is 11.5 Å². The maximum absolute atomic E-state index is 13.3. The van der Waals surface area contributed by atoms with Crippen LogP contribution in [0.1, 0.15) is 29.9 Å². The number of anilines is 1. The number of hydrogen-bond acceptors (Lipinski definition) is 4. The van der Waals surface area contributed by atoms with Crippen molar-refractivity contribution in [2.75, 3.05) is 5.32 Å². The molecule has 0 bridgehead atoms. The Morgan fingerprint density at radius 3 is 2.50 bits per heavy atom. The first-order valence-electron chi connectivity index (χ1n) is 9.81. The van der Waals surface area contributed by atoms with Crippen molar-refractivity contribution in [1.29, 1.82) is 0 Å². The number of benzene rings is 2. The quantitative estimate of drug-likeness (QED) is 0.493. The number of hydrogen-bond donors (Lipinski definition) is 1. The molecule has 0 unspecified atom stereocenters. The van der Waals surface area contributed by atoms with Crippen LogP contribution in [0.4, 0.5) is 5.69 Å². The highest BCUT2D eigenvalue weighted by Gasteiger charge is 2.22. The van der Waals surface area contributed by atoms with E-state index >= 15 is 0 Å². The van der Waals surface area contributed by atoms with Gasteiger partial charge in [0.2, 0.25) is 5.91 Å². The SMILES string of the molecule is Cc1ccc(NC(=O)[C@@H](C)n2c(C)nc3sc(-c4ccccc4)cc3c2=O)c(C)c1. The van der Waals surface area contributed by atoms with E-state index in [9.17, 15) is 9.59 Å². The van der Waals surface area contributed by atoms with Gasteiger partial charge in [-0.15, -0.1) is 11.3 Å². The minimum Gasteiger partial charge on any atom is -0.324 e. The van der Waals surface area contributed by atoms with Gasteiger partial charge in [0.15, 0.2) is 0 Å². The Bertz CT molecular complexity index is 1310. The number of rotatable bonds is 4. The summed E-state index contributed by atoms with van der Waals surface area (Å²) in [6, 6.07) is 17.0. The first-order valence-corrected chi connectivity index (χ1v) is 10.6. The smallest absolute Gasteiger partial charge is 0.263 e. The van der Waals surface area contributed by atoms with E-state index in [1.165, 1.54) is 15.9 Å². The third kappa shape index (κ3) is 3.66. The number of aryl methyl sites for hydroxylation is 3. The molecular formula is C24H23N3O2S. The number of carbonyl (C=O) groups is 1. The molecule has 0 aliphatic rings. The molecule has 1 N–H and O–H groups in total. The molecule has 2 heterocycles. The molecule has 4 rings (SSSR count). The van der Waals surface area contributed by atoms with Gasteiger partial charge in [0.1, 0.15) is 16.7 Å². The second kappa shape index (κ2) is 7.88. The molecule has 2 aromatic carbocycles. The van der Waals surface area contributed by atoms with E-state index in [0.29, 0.717) is 16.0 Å². The van der Waals surface area contributed by atoms with Gasteiger partial charge in [-0.1, -0.05) is 48.0 Å². The zero-order valence-corrected chi connectivity index (χ0v) is 18.2. The summed E-state index contributed by atoms with van der Waals surface area (Å²) in [7, 11) is 0. The summed E-state index contributed by atoms with van der Waals surface area (Å²) >= 11 is 1.49. The average Bonchev–Trinajstić information content (AvgIpc) is 3.15. The number of nitrogens with zero attached hydrogens (tertiary/aromatic N) is 2. The number of amides is 1. The molecule has 4 aromatic rings. The van der Waals surface area contributed by atoms with Crippen molar-refractivity contribution < 1.29 is 4.79 Å². The highest BCUT2D eigenvalue weighted by atomic mass is 32.1. The molecule has 0 aliphatic heterocycles. The van der Waals surface area contributed by atoms with Crippen LogP contribution >= 0.6 is 11.3 Å². The van der Waals surface area contributed by atoms with Crippen LogP contribution in [0.5, 0.6) is 0 Å². The lowest BCUT2D eigenvalue weighted by Crippen LogP contribution is -2.33. The average molecular weight is 418 g/mol. The summed E-state index contributed by atoms with van der Waals surface area (Å²) in [5.74, 6) is 0.282. The van der Waals surface area contributed by atoms with Crippen molar-refractivity contribution in [1.82, 2.24) is 9.55 Å². The van der Waals surface area contributed by atoms with E-state index < -0.39 is 6.04 Å². The van der Waals surface area contributed by atoms with Crippen LogP contribution in [0.15, 0.2) is 59.4 Å². The van der Waals surface area contributed by atoms with Gasteiger partial charge in [-0.05, 0) is 51.0 Å². The molecule has 0 radical (unpaired) electrons. The van der Waals surface area contributed by atoms with Crippen molar-refractivity contribution in [3.63, 3.8) is 0 Å². The van der Waals surface area contributed by atoms with Gasteiger partial charge in [0.05, 0.1) is 5.39 Å². The molecule has 1 amide bonds. The first kappa shape index (κ1) is 20.0. The number of thiophene rings is 1. The lowest BCUT2D eigenvalue weighted by Gasteiger charge is -2.18. The third-order valence-corrected chi connectivity index (χ3v) is 6.32. The summed E-state index contributed by atoms with van der Waals surface area (Å²) in [5.41, 5.74) is 3.72. The monoisotopic (exact) mass is 417 g/mol.